The summed E-state index contributed by atoms with van der Waals surface area (Å²) in [6.45, 7) is 0.616. The van der Waals surface area contributed by atoms with Crippen molar-refractivity contribution in [1.29, 1.82) is 0 Å². The molecule has 1 aromatic carbocycles. The number of carbonyl (C=O) groups is 2. The maximum absolute atomic E-state index is 12.3. The smallest absolute Gasteiger partial charge is 0.387 e. The van der Waals surface area contributed by atoms with Gasteiger partial charge in [0.05, 0.1) is 13.7 Å². The number of hydrogen-bond donors (Lipinski definition) is 2. The number of amides is 2. The van der Waals surface area contributed by atoms with E-state index >= 15 is 0 Å². The third kappa shape index (κ3) is 9.18. The van der Waals surface area contributed by atoms with Gasteiger partial charge in [0.2, 0.25) is 5.91 Å². The highest BCUT2D eigenvalue weighted by atomic mass is 19.3. The van der Waals surface area contributed by atoms with Crippen molar-refractivity contribution in [2.24, 2.45) is 0 Å². The number of methoxy groups -OCH3 is 1. The van der Waals surface area contributed by atoms with Crippen molar-refractivity contribution in [2.45, 2.75) is 32.8 Å². The van der Waals surface area contributed by atoms with Crippen LogP contribution in [0.3, 0.4) is 0 Å². The van der Waals surface area contributed by atoms with E-state index in [2.05, 4.69) is 22.3 Å². The number of ether oxygens (including phenoxy) is 3. The molecule has 0 aliphatic carbocycles. The summed E-state index contributed by atoms with van der Waals surface area (Å²) in [5.74, 6) is -1.05. The summed E-state index contributed by atoms with van der Waals surface area (Å²) in [4.78, 5) is 23.8. The molecule has 9 heteroatoms. The molecule has 27 heavy (non-hydrogen) atoms. The van der Waals surface area contributed by atoms with Gasteiger partial charge in [0.15, 0.2) is 11.5 Å². The minimum Gasteiger partial charge on any atom is -0.493 e. The van der Waals surface area contributed by atoms with Crippen LogP contribution in [0.2, 0.25) is 0 Å². The maximum Gasteiger partial charge on any atom is 0.387 e. The maximum atomic E-state index is 12.3. The summed E-state index contributed by atoms with van der Waals surface area (Å²) in [5.41, 5.74) is 0.158. The number of hydrogen-bond acceptors (Lipinski definition) is 5. The molecule has 0 fully saturated rings. The zero-order valence-corrected chi connectivity index (χ0v) is 15.6. The molecule has 0 aromatic heterocycles. The third-order valence-electron chi connectivity index (χ3n) is 3.48. The van der Waals surface area contributed by atoms with E-state index in [-0.39, 0.29) is 29.5 Å². The van der Waals surface area contributed by atoms with Crippen LogP contribution >= 0.6 is 0 Å². The van der Waals surface area contributed by atoms with Crippen LogP contribution in [0.25, 0.3) is 0 Å². The lowest BCUT2D eigenvalue weighted by molar-refractivity contribution is -0.120. The van der Waals surface area contributed by atoms with Crippen LogP contribution in [0.15, 0.2) is 18.2 Å². The van der Waals surface area contributed by atoms with Crippen LogP contribution in [-0.2, 0) is 9.53 Å². The topological polar surface area (TPSA) is 85.9 Å². The molecule has 0 bridgehead atoms. The summed E-state index contributed by atoms with van der Waals surface area (Å²) < 4.78 is 39.2. The molecule has 0 aliphatic rings. The molecule has 0 saturated carbocycles. The average Bonchev–Trinajstić information content (AvgIpc) is 2.65. The molecule has 0 heterocycles. The van der Waals surface area contributed by atoms with E-state index in [1.54, 1.807) is 0 Å². The summed E-state index contributed by atoms with van der Waals surface area (Å²) in [7, 11) is 1.27. The van der Waals surface area contributed by atoms with E-state index in [0.29, 0.717) is 26.2 Å². The Morgan fingerprint density at radius 3 is 2.52 bits per heavy atom. The van der Waals surface area contributed by atoms with Gasteiger partial charge in [-0.1, -0.05) is 13.3 Å². The summed E-state index contributed by atoms with van der Waals surface area (Å²) >= 11 is 0. The second-order valence-electron chi connectivity index (χ2n) is 5.60. The third-order valence-corrected chi connectivity index (χ3v) is 3.48. The van der Waals surface area contributed by atoms with Gasteiger partial charge in [-0.15, -0.1) is 0 Å². The van der Waals surface area contributed by atoms with Crippen LogP contribution in [0, 0.1) is 0 Å². The van der Waals surface area contributed by atoms with Crippen LogP contribution in [0.5, 0.6) is 11.5 Å². The molecule has 0 radical (unpaired) electrons. The van der Waals surface area contributed by atoms with Crippen molar-refractivity contribution in [3.63, 3.8) is 0 Å². The number of rotatable bonds is 13. The highest BCUT2D eigenvalue weighted by Crippen LogP contribution is 2.29. The number of unbranched alkanes of at least 4 members (excludes halogenated alkanes) is 1. The Hall–Kier alpha value is -2.42. The molecule has 1 aromatic rings. The lowest BCUT2D eigenvalue weighted by atomic mass is 10.2. The first kappa shape index (κ1) is 22.6. The standard InChI is InChI=1S/C18H26F2N2O5/c1-3-4-9-26-10-5-8-21-16(23)12-22-17(24)13-6-7-14(27-18(19)20)15(11-13)25-2/h6-7,11,18H,3-5,8-10,12H2,1-2H3,(H,21,23)(H,22,24). The molecule has 0 spiro atoms. The van der Waals surface area contributed by atoms with Gasteiger partial charge in [0.1, 0.15) is 0 Å². The van der Waals surface area contributed by atoms with E-state index in [1.807, 2.05) is 0 Å². The van der Waals surface area contributed by atoms with Crippen molar-refractivity contribution in [3.05, 3.63) is 23.8 Å². The van der Waals surface area contributed by atoms with Gasteiger partial charge >= 0.3 is 6.61 Å². The number of nitrogens with one attached hydrogen (secondary N) is 2. The number of halogens is 2. The number of benzene rings is 1. The average molecular weight is 388 g/mol. The SMILES string of the molecule is CCCCOCCCNC(=O)CNC(=O)c1ccc(OC(F)F)c(OC)c1. The Kier molecular flexibility index (Phi) is 10.8. The largest absolute Gasteiger partial charge is 0.493 e. The Morgan fingerprint density at radius 1 is 1.11 bits per heavy atom. The molecule has 0 atom stereocenters. The van der Waals surface area contributed by atoms with Crippen molar-refractivity contribution in [2.75, 3.05) is 33.4 Å². The van der Waals surface area contributed by atoms with Crippen LogP contribution in [0.4, 0.5) is 8.78 Å². The molecule has 152 valence electrons. The second-order valence-corrected chi connectivity index (χ2v) is 5.60. The van der Waals surface area contributed by atoms with Gasteiger partial charge in [-0.05, 0) is 31.0 Å². The minimum atomic E-state index is -3.00. The molecule has 0 unspecified atom stereocenters. The predicted molar refractivity (Wildman–Crippen MR) is 95.3 cm³/mol. The lowest BCUT2D eigenvalue weighted by Gasteiger charge is -2.11. The fourth-order valence-electron chi connectivity index (χ4n) is 2.08. The Balaban J connectivity index is 2.36. The molecular formula is C18H26F2N2O5. The first-order valence-corrected chi connectivity index (χ1v) is 8.73. The van der Waals surface area contributed by atoms with Crippen LogP contribution in [-0.4, -0.2) is 51.8 Å². The quantitative estimate of drug-likeness (QED) is 0.507. The van der Waals surface area contributed by atoms with Gasteiger partial charge in [-0.3, -0.25) is 9.59 Å². The van der Waals surface area contributed by atoms with Gasteiger partial charge in [-0.25, -0.2) is 0 Å². The van der Waals surface area contributed by atoms with Gasteiger partial charge in [0, 0.05) is 25.3 Å². The lowest BCUT2D eigenvalue weighted by Crippen LogP contribution is -2.37. The van der Waals surface area contributed by atoms with Gasteiger partial charge < -0.3 is 24.8 Å². The Bertz CT molecular complexity index is 599. The fraction of sp³-hybridized carbons (Fsp3) is 0.556. The van der Waals surface area contributed by atoms with Crippen molar-refractivity contribution >= 4 is 11.8 Å². The number of alkyl halides is 2. The molecule has 2 N–H and O–H groups in total. The zero-order chi connectivity index (χ0) is 20.1. The van der Waals surface area contributed by atoms with Crippen molar-refractivity contribution in [1.82, 2.24) is 10.6 Å². The summed E-state index contributed by atoms with van der Waals surface area (Å²) in [5, 5.41) is 5.12. The normalized spacial score (nSPS) is 10.6. The first-order chi connectivity index (χ1) is 13.0. The highest BCUT2D eigenvalue weighted by Gasteiger charge is 2.14. The molecular weight excluding hydrogens is 362 g/mol. The Labute approximate surface area is 157 Å². The van der Waals surface area contributed by atoms with Crippen molar-refractivity contribution < 1.29 is 32.6 Å². The van der Waals surface area contributed by atoms with Crippen LogP contribution < -0.4 is 20.1 Å². The Morgan fingerprint density at radius 2 is 1.85 bits per heavy atom. The monoisotopic (exact) mass is 388 g/mol. The molecule has 0 aliphatic heterocycles. The van der Waals surface area contributed by atoms with E-state index in [0.717, 1.165) is 12.8 Å². The van der Waals surface area contributed by atoms with Gasteiger partial charge in [0.25, 0.3) is 5.91 Å². The van der Waals surface area contributed by atoms with Gasteiger partial charge in [-0.2, -0.15) is 8.78 Å². The van der Waals surface area contributed by atoms with E-state index < -0.39 is 12.5 Å². The summed E-state index contributed by atoms with van der Waals surface area (Å²) in [6.07, 6.45) is 2.77. The highest BCUT2D eigenvalue weighted by molar-refractivity contribution is 5.97. The minimum absolute atomic E-state index is 0.00419. The molecule has 0 saturated heterocycles. The predicted octanol–water partition coefficient (Wildman–Crippen LogP) is 2.35. The zero-order valence-electron chi connectivity index (χ0n) is 15.6. The number of carbonyl (C=O) groups excluding carboxylic acids is 2. The molecule has 2 amide bonds. The molecule has 7 nitrogen and oxygen atoms in total. The first-order valence-electron chi connectivity index (χ1n) is 8.73. The molecule has 1 rings (SSSR count). The fourth-order valence-corrected chi connectivity index (χ4v) is 2.08. The van der Waals surface area contributed by atoms with E-state index in [4.69, 9.17) is 9.47 Å². The van der Waals surface area contributed by atoms with Crippen LogP contribution in [0.1, 0.15) is 36.5 Å². The van der Waals surface area contributed by atoms with E-state index in [9.17, 15) is 18.4 Å². The summed E-state index contributed by atoms with van der Waals surface area (Å²) in [6, 6.07) is 3.78. The van der Waals surface area contributed by atoms with Crippen molar-refractivity contribution in [3.8, 4) is 11.5 Å². The second kappa shape index (κ2) is 12.9. The van der Waals surface area contributed by atoms with E-state index in [1.165, 1.54) is 25.3 Å².